The minimum Gasteiger partial charge on any atom is -0.462 e. The first-order valence-corrected chi connectivity index (χ1v) is 34.2. The van der Waals surface area contributed by atoms with Gasteiger partial charge >= 0.3 is 39.5 Å². The van der Waals surface area contributed by atoms with Crippen molar-refractivity contribution in [2.24, 2.45) is 5.92 Å². The molecule has 0 aromatic rings. The van der Waals surface area contributed by atoms with E-state index in [1.54, 1.807) is 0 Å². The van der Waals surface area contributed by atoms with Gasteiger partial charge in [-0.05, 0) is 31.6 Å². The van der Waals surface area contributed by atoms with Crippen LogP contribution >= 0.6 is 15.6 Å². The Bertz CT molecular complexity index is 1540. The molecule has 17 nitrogen and oxygen atoms in total. The van der Waals surface area contributed by atoms with Gasteiger partial charge in [-0.15, -0.1) is 0 Å². The zero-order valence-corrected chi connectivity index (χ0v) is 51.6. The highest BCUT2D eigenvalue weighted by atomic mass is 31.2. The van der Waals surface area contributed by atoms with Crippen LogP contribution in [-0.4, -0.2) is 96.7 Å². The molecule has 0 saturated carbocycles. The van der Waals surface area contributed by atoms with Crippen LogP contribution in [0.5, 0.6) is 0 Å². The highest BCUT2D eigenvalue weighted by Gasteiger charge is 2.30. The molecule has 0 aromatic heterocycles. The van der Waals surface area contributed by atoms with Crippen LogP contribution in [-0.2, 0) is 65.4 Å². The summed E-state index contributed by atoms with van der Waals surface area (Å²) in [7, 11) is -9.87. The monoisotopic (exact) mass is 1160 g/mol. The summed E-state index contributed by atoms with van der Waals surface area (Å²) in [5.74, 6) is -1.38. The number of carbonyl (C=O) groups is 4. The van der Waals surface area contributed by atoms with E-state index in [2.05, 4.69) is 34.6 Å². The molecule has 0 saturated heterocycles. The van der Waals surface area contributed by atoms with Crippen molar-refractivity contribution in [1.82, 2.24) is 0 Å². The molecule has 0 amide bonds. The van der Waals surface area contributed by atoms with E-state index in [-0.39, 0.29) is 25.7 Å². The predicted molar refractivity (Wildman–Crippen MR) is 308 cm³/mol. The highest BCUT2D eigenvalue weighted by molar-refractivity contribution is 7.47. The minimum absolute atomic E-state index is 0.103. The second kappa shape index (κ2) is 53.1. The average Bonchev–Trinajstić information content (AvgIpc) is 3.41. The largest absolute Gasteiger partial charge is 0.472 e. The quantitative estimate of drug-likeness (QED) is 0.0222. The van der Waals surface area contributed by atoms with Crippen LogP contribution in [0, 0.1) is 5.92 Å². The van der Waals surface area contributed by atoms with Gasteiger partial charge in [-0.2, -0.15) is 0 Å². The molecule has 0 spiro atoms. The molecule has 0 rings (SSSR count). The van der Waals surface area contributed by atoms with Gasteiger partial charge in [0, 0.05) is 25.7 Å². The fourth-order valence-electron chi connectivity index (χ4n) is 8.67. The third-order valence-electron chi connectivity index (χ3n) is 13.9. The number of rotatable bonds is 59. The lowest BCUT2D eigenvalue weighted by Crippen LogP contribution is -2.30. The lowest BCUT2D eigenvalue weighted by molar-refractivity contribution is -0.161. The van der Waals surface area contributed by atoms with Crippen molar-refractivity contribution in [3.8, 4) is 0 Å². The molecular weight excluding hydrogens is 1040 g/mol. The van der Waals surface area contributed by atoms with E-state index < -0.39 is 97.5 Å². The summed E-state index contributed by atoms with van der Waals surface area (Å²) in [4.78, 5) is 71.7. The molecule has 462 valence electrons. The van der Waals surface area contributed by atoms with Crippen LogP contribution in [0.25, 0.3) is 0 Å². The van der Waals surface area contributed by atoms with Crippen molar-refractivity contribution in [2.45, 2.75) is 310 Å². The third-order valence-corrected chi connectivity index (χ3v) is 15.8. The van der Waals surface area contributed by atoms with Gasteiger partial charge in [0.1, 0.15) is 19.3 Å². The van der Waals surface area contributed by atoms with Gasteiger partial charge in [-0.1, -0.05) is 240 Å². The first-order valence-electron chi connectivity index (χ1n) is 31.2. The van der Waals surface area contributed by atoms with E-state index in [0.29, 0.717) is 25.7 Å². The van der Waals surface area contributed by atoms with E-state index in [9.17, 15) is 43.2 Å². The van der Waals surface area contributed by atoms with Crippen molar-refractivity contribution >= 4 is 39.5 Å². The summed E-state index contributed by atoms with van der Waals surface area (Å²) in [5, 5.41) is 10.5. The van der Waals surface area contributed by atoms with E-state index in [1.807, 2.05) is 0 Å². The molecule has 3 N–H and O–H groups in total. The van der Waals surface area contributed by atoms with Gasteiger partial charge < -0.3 is 33.8 Å². The fourth-order valence-corrected chi connectivity index (χ4v) is 10.2. The molecule has 0 fully saturated rings. The Morgan fingerprint density at radius 2 is 0.615 bits per heavy atom. The normalized spacial score (nSPS) is 14.7. The topological polar surface area (TPSA) is 237 Å². The number of hydrogen-bond acceptors (Lipinski definition) is 15. The third kappa shape index (κ3) is 52.2. The number of aliphatic hydroxyl groups is 1. The molecule has 0 heterocycles. The van der Waals surface area contributed by atoms with Crippen molar-refractivity contribution in [3.05, 3.63) is 0 Å². The van der Waals surface area contributed by atoms with Crippen molar-refractivity contribution < 1.29 is 80.2 Å². The Kier molecular flexibility index (Phi) is 51.8. The maximum Gasteiger partial charge on any atom is 0.472 e. The van der Waals surface area contributed by atoms with Crippen LogP contribution in [0.1, 0.15) is 291 Å². The maximum atomic E-state index is 12.9. The summed E-state index contributed by atoms with van der Waals surface area (Å²) >= 11 is 0. The Hall–Kier alpha value is -1.94. The Balaban J connectivity index is 5.20. The van der Waals surface area contributed by atoms with E-state index in [4.69, 9.17) is 37.0 Å². The second-order valence-electron chi connectivity index (χ2n) is 21.6. The first kappa shape index (κ1) is 76.1. The van der Waals surface area contributed by atoms with E-state index >= 15 is 0 Å². The van der Waals surface area contributed by atoms with Crippen molar-refractivity contribution in [1.29, 1.82) is 0 Å². The van der Waals surface area contributed by atoms with Gasteiger partial charge in [0.05, 0.1) is 26.4 Å². The average molecular weight is 1160 g/mol. The van der Waals surface area contributed by atoms with Crippen LogP contribution in [0.4, 0.5) is 0 Å². The number of carbonyl (C=O) groups excluding carboxylic acids is 4. The summed E-state index contributed by atoms with van der Waals surface area (Å²) in [5.41, 5.74) is 0. The fraction of sp³-hybridized carbons (Fsp3) is 0.932. The lowest BCUT2D eigenvalue weighted by Gasteiger charge is -2.21. The second-order valence-corrected chi connectivity index (χ2v) is 24.5. The zero-order valence-electron chi connectivity index (χ0n) is 49.8. The highest BCUT2D eigenvalue weighted by Crippen LogP contribution is 2.45. The standard InChI is InChI=1S/C59H114O17P2/c1-6-10-13-16-19-20-21-22-23-29-33-38-43-57(62)70-49-55(76-59(64)45-40-35-30-25-24-28-31-36-41-52(5)9-4)51-74-78(67,68)72-47-53(60)46-71-77(65,66)73-50-54(75-58(63)44-39-34-27-18-15-12-8-3)48-69-56(61)42-37-32-26-17-14-11-7-2/h52-55,60H,6-51H2,1-5H3,(H,65,66)(H,67,68)/t52?,53-,54+,55+/m0/s1. The summed E-state index contributed by atoms with van der Waals surface area (Å²) < 4.78 is 67.6. The number of unbranched alkanes of at least 4 members (excludes halogenated alkanes) is 30. The van der Waals surface area contributed by atoms with Gasteiger partial charge in [0.15, 0.2) is 12.2 Å². The van der Waals surface area contributed by atoms with Crippen molar-refractivity contribution in [3.63, 3.8) is 0 Å². The van der Waals surface area contributed by atoms with Gasteiger partial charge in [-0.3, -0.25) is 37.3 Å². The molecule has 0 aliphatic carbocycles. The van der Waals surface area contributed by atoms with Crippen LogP contribution in [0.2, 0.25) is 0 Å². The Morgan fingerprint density at radius 3 is 0.910 bits per heavy atom. The van der Waals surface area contributed by atoms with Crippen LogP contribution < -0.4 is 0 Å². The molecule has 0 bridgehead atoms. The van der Waals surface area contributed by atoms with Crippen LogP contribution in [0.3, 0.4) is 0 Å². The molecule has 0 radical (unpaired) electrons. The number of esters is 4. The summed E-state index contributed by atoms with van der Waals surface area (Å²) in [6.45, 7) is 7.07. The Labute approximate surface area is 473 Å². The number of ether oxygens (including phenoxy) is 4. The molecule has 78 heavy (non-hydrogen) atoms. The van der Waals surface area contributed by atoms with Crippen LogP contribution in [0.15, 0.2) is 0 Å². The number of phosphoric ester groups is 2. The summed E-state index contributed by atoms with van der Waals surface area (Å²) in [6, 6.07) is 0. The number of hydrogen-bond donors (Lipinski definition) is 3. The molecule has 0 aliphatic rings. The molecule has 0 aliphatic heterocycles. The van der Waals surface area contributed by atoms with Gasteiger partial charge in [0.2, 0.25) is 0 Å². The number of phosphoric acid groups is 2. The SMILES string of the molecule is CCCCCCCCCCCCCCC(=O)OC[C@H](COP(=O)(O)OC[C@@H](O)COP(=O)(O)OC[C@@H](COC(=O)CCCCCCCCC)OC(=O)CCCCCCCCC)OC(=O)CCCCCCCCCCC(C)CC. The van der Waals surface area contributed by atoms with Gasteiger partial charge in [-0.25, -0.2) is 9.13 Å². The smallest absolute Gasteiger partial charge is 0.462 e. The number of aliphatic hydroxyl groups excluding tert-OH is 1. The molecule has 3 unspecified atom stereocenters. The summed E-state index contributed by atoms with van der Waals surface area (Å²) in [6.07, 6.45) is 35.0. The van der Waals surface area contributed by atoms with E-state index in [1.165, 1.54) is 89.9 Å². The molecular formula is C59H114O17P2. The molecule has 6 atom stereocenters. The maximum absolute atomic E-state index is 12.9. The lowest BCUT2D eigenvalue weighted by atomic mass is 9.99. The minimum atomic E-state index is -4.94. The predicted octanol–water partition coefficient (Wildman–Crippen LogP) is 15.8. The van der Waals surface area contributed by atoms with Gasteiger partial charge in [0.25, 0.3) is 0 Å². The Morgan fingerprint density at radius 1 is 0.359 bits per heavy atom. The molecule has 19 heteroatoms. The molecule has 0 aromatic carbocycles. The van der Waals surface area contributed by atoms with Crippen molar-refractivity contribution in [2.75, 3.05) is 39.6 Å². The first-order chi connectivity index (χ1) is 37.6. The zero-order chi connectivity index (χ0) is 57.8. The van der Waals surface area contributed by atoms with E-state index in [0.717, 1.165) is 121 Å².